The maximum Gasteiger partial charge on any atom is 0.416 e. The number of halogens is 3. The fraction of sp³-hybridized carbons (Fsp3) is 0.233. The summed E-state index contributed by atoms with van der Waals surface area (Å²) < 4.78 is 47.4. The minimum absolute atomic E-state index is 0.0690. The maximum absolute atomic E-state index is 13.1. The molecule has 1 aromatic heterocycles. The van der Waals surface area contributed by atoms with Crippen LogP contribution < -0.4 is 4.74 Å². The van der Waals surface area contributed by atoms with Gasteiger partial charge in [-0.1, -0.05) is 42.3 Å². The number of ether oxygens (including phenoxy) is 1. The monoisotopic (exact) mass is 505 g/mol. The Labute approximate surface area is 213 Å². The molecular weight excluding hydrogens is 479 g/mol. The number of carboxylic acids is 1. The van der Waals surface area contributed by atoms with Gasteiger partial charge >= 0.3 is 12.1 Å². The van der Waals surface area contributed by atoms with Crippen LogP contribution in [0.25, 0.3) is 10.9 Å². The first kappa shape index (κ1) is 25.9. The van der Waals surface area contributed by atoms with E-state index in [9.17, 15) is 18.0 Å². The van der Waals surface area contributed by atoms with Gasteiger partial charge in [-0.3, -0.25) is 4.79 Å². The van der Waals surface area contributed by atoms with Crippen LogP contribution in [-0.4, -0.2) is 15.6 Å². The van der Waals surface area contributed by atoms with Crippen LogP contribution >= 0.6 is 0 Å². The summed E-state index contributed by atoms with van der Waals surface area (Å²) >= 11 is 0. The molecule has 4 aromatic rings. The van der Waals surface area contributed by atoms with E-state index in [0.29, 0.717) is 24.5 Å². The number of fused-ring (bicyclic) bond motifs is 1. The number of aliphatic carboxylic acids is 1. The van der Waals surface area contributed by atoms with Crippen LogP contribution in [0.4, 0.5) is 13.2 Å². The highest BCUT2D eigenvalue weighted by molar-refractivity contribution is 5.84. The predicted octanol–water partition coefficient (Wildman–Crippen LogP) is 7.18. The second kappa shape index (κ2) is 10.8. The zero-order chi connectivity index (χ0) is 26.6. The molecular formula is C30H26F3NO3. The second-order valence-electron chi connectivity index (χ2n) is 8.83. The molecule has 0 radical (unpaired) electrons. The Balaban J connectivity index is 1.52. The smallest absolute Gasteiger partial charge is 0.416 e. The molecule has 0 saturated carbocycles. The van der Waals surface area contributed by atoms with Gasteiger partial charge in [-0.15, -0.1) is 5.92 Å². The molecule has 1 atom stereocenters. The molecule has 0 spiro atoms. The molecule has 0 aliphatic carbocycles. The molecule has 3 aromatic carbocycles. The minimum atomic E-state index is -4.38. The molecule has 0 amide bonds. The van der Waals surface area contributed by atoms with E-state index in [0.717, 1.165) is 33.7 Å². The van der Waals surface area contributed by atoms with Gasteiger partial charge in [0.1, 0.15) is 12.4 Å². The number of aryl methyl sites for hydroxylation is 1. The number of benzene rings is 3. The van der Waals surface area contributed by atoms with Gasteiger partial charge in [-0.05, 0) is 71.8 Å². The number of alkyl halides is 3. The lowest BCUT2D eigenvalue weighted by Gasteiger charge is -2.14. The normalized spacial score (nSPS) is 12.1. The van der Waals surface area contributed by atoms with E-state index in [2.05, 4.69) is 11.8 Å². The zero-order valence-corrected chi connectivity index (χ0v) is 20.5. The minimum Gasteiger partial charge on any atom is -0.489 e. The number of aromatic nitrogens is 1. The largest absolute Gasteiger partial charge is 0.489 e. The first-order chi connectivity index (χ1) is 17.7. The van der Waals surface area contributed by atoms with E-state index in [-0.39, 0.29) is 12.3 Å². The maximum atomic E-state index is 13.1. The van der Waals surface area contributed by atoms with Gasteiger partial charge < -0.3 is 14.4 Å². The van der Waals surface area contributed by atoms with Crippen molar-refractivity contribution >= 4 is 16.9 Å². The molecule has 1 heterocycles. The van der Waals surface area contributed by atoms with E-state index < -0.39 is 17.7 Å². The quantitative estimate of drug-likeness (QED) is 0.258. The topological polar surface area (TPSA) is 51.5 Å². The van der Waals surface area contributed by atoms with Crippen molar-refractivity contribution in [2.75, 3.05) is 0 Å². The SMILES string of the molecule is CC#C[C@@H](CC(=O)O)c1ccc(OCc2ccc3ccn(Cc4cccc(C(F)(F)F)c4)c3c2C)cc1. The van der Waals surface area contributed by atoms with Gasteiger partial charge in [0.2, 0.25) is 0 Å². The van der Waals surface area contributed by atoms with Gasteiger partial charge in [0.15, 0.2) is 0 Å². The molecule has 190 valence electrons. The summed E-state index contributed by atoms with van der Waals surface area (Å²) in [5, 5.41) is 10.1. The molecule has 37 heavy (non-hydrogen) atoms. The Morgan fingerprint density at radius 1 is 1.08 bits per heavy atom. The molecule has 0 bridgehead atoms. The predicted molar refractivity (Wildman–Crippen MR) is 136 cm³/mol. The number of carboxylic acid groups (broad SMARTS) is 1. The Morgan fingerprint density at radius 2 is 1.84 bits per heavy atom. The van der Waals surface area contributed by atoms with Gasteiger partial charge in [-0.25, -0.2) is 0 Å². The summed E-state index contributed by atoms with van der Waals surface area (Å²) in [7, 11) is 0. The number of hydrogen-bond donors (Lipinski definition) is 1. The second-order valence-corrected chi connectivity index (χ2v) is 8.83. The van der Waals surface area contributed by atoms with E-state index in [4.69, 9.17) is 9.84 Å². The van der Waals surface area contributed by atoms with E-state index in [1.807, 2.05) is 48.0 Å². The summed E-state index contributed by atoms with van der Waals surface area (Å²) in [5.41, 5.74) is 3.63. The Kier molecular flexibility index (Phi) is 7.58. The molecule has 0 saturated heterocycles. The van der Waals surface area contributed by atoms with E-state index in [1.54, 1.807) is 25.1 Å². The van der Waals surface area contributed by atoms with Crippen molar-refractivity contribution in [1.29, 1.82) is 0 Å². The summed E-state index contributed by atoms with van der Waals surface area (Å²) in [4.78, 5) is 11.1. The van der Waals surface area contributed by atoms with Crippen LogP contribution in [0, 0.1) is 18.8 Å². The van der Waals surface area contributed by atoms with E-state index in [1.165, 1.54) is 12.1 Å². The van der Waals surface area contributed by atoms with Crippen molar-refractivity contribution in [3.63, 3.8) is 0 Å². The molecule has 1 N–H and O–H groups in total. The van der Waals surface area contributed by atoms with Crippen molar-refractivity contribution in [1.82, 2.24) is 4.57 Å². The van der Waals surface area contributed by atoms with Crippen LogP contribution in [0.15, 0.2) is 72.9 Å². The van der Waals surface area contributed by atoms with Gasteiger partial charge in [0.25, 0.3) is 0 Å². The van der Waals surface area contributed by atoms with Crippen LogP contribution in [0.5, 0.6) is 5.75 Å². The van der Waals surface area contributed by atoms with Gasteiger partial charge in [0, 0.05) is 12.7 Å². The lowest BCUT2D eigenvalue weighted by atomic mass is 9.96. The summed E-state index contributed by atoms with van der Waals surface area (Å²) in [6.45, 7) is 4.29. The number of nitrogens with zero attached hydrogens (tertiary/aromatic N) is 1. The van der Waals surface area contributed by atoms with Crippen molar-refractivity contribution in [2.45, 2.75) is 45.5 Å². The fourth-order valence-electron chi connectivity index (χ4n) is 4.41. The van der Waals surface area contributed by atoms with E-state index >= 15 is 0 Å². The van der Waals surface area contributed by atoms with Crippen LogP contribution in [0.1, 0.15) is 47.1 Å². The van der Waals surface area contributed by atoms with Crippen molar-refractivity contribution in [3.05, 3.63) is 101 Å². The third-order valence-electron chi connectivity index (χ3n) is 6.28. The highest BCUT2D eigenvalue weighted by atomic mass is 19.4. The highest BCUT2D eigenvalue weighted by Gasteiger charge is 2.30. The van der Waals surface area contributed by atoms with Crippen molar-refractivity contribution < 1.29 is 27.8 Å². The Bertz CT molecular complexity index is 1470. The average molecular weight is 506 g/mol. The first-order valence-corrected chi connectivity index (χ1v) is 11.8. The molecule has 0 fully saturated rings. The first-order valence-electron chi connectivity index (χ1n) is 11.8. The van der Waals surface area contributed by atoms with Gasteiger partial charge in [0.05, 0.1) is 23.4 Å². The van der Waals surface area contributed by atoms with Crippen LogP contribution in [-0.2, 0) is 24.1 Å². The molecule has 0 aliphatic rings. The van der Waals surface area contributed by atoms with Gasteiger partial charge in [-0.2, -0.15) is 13.2 Å². The lowest BCUT2D eigenvalue weighted by Crippen LogP contribution is -2.07. The molecule has 7 heteroatoms. The third-order valence-corrected chi connectivity index (χ3v) is 6.28. The summed E-state index contributed by atoms with van der Waals surface area (Å²) in [6, 6.07) is 18.5. The number of hydrogen-bond acceptors (Lipinski definition) is 2. The number of carbonyl (C=O) groups is 1. The number of rotatable bonds is 8. The van der Waals surface area contributed by atoms with Crippen LogP contribution in [0.3, 0.4) is 0 Å². The fourth-order valence-corrected chi connectivity index (χ4v) is 4.41. The standard InChI is InChI=1S/C30H26F3NO3/c1-3-5-24(17-28(35)36)22-10-12-27(13-11-22)37-19-25-9-8-23-14-15-34(29(23)20(25)2)18-21-6-4-7-26(16-21)30(31,32)33/h4,6-16,24H,17-19H2,1-2H3,(H,35,36)/t24-/m0/s1. The summed E-state index contributed by atoms with van der Waals surface area (Å²) in [5.74, 6) is 5.07. The Hall–Kier alpha value is -4.18. The molecule has 4 nitrogen and oxygen atoms in total. The Morgan fingerprint density at radius 3 is 2.51 bits per heavy atom. The average Bonchev–Trinajstić information content (AvgIpc) is 3.26. The highest BCUT2D eigenvalue weighted by Crippen LogP contribution is 2.31. The third kappa shape index (κ3) is 6.15. The molecule has 0 unspecified atom stereocenters. The van der Waals surface area contributed by atoms with Crippen molar-refractivity contribution in [3.8, 4) is 17.6 Å². The zero-order valence-electron chi connectivity index (χ0n) is 20.5. The lowest BCUT2D eigenvalue weighted by molar-refractivity contribution is -0.138. The molecule has 4 rings (SSSR count). The van der Waals surface area contributed by atoms with Crippen LogP contribution in [0.2, 0.25) is 0 Å². The summed E-state index contributed by atoms with van der Waals surface area (Å²) in [6.07, 6.45) is -2.57. The molecule has 0 aliphatic heterocycles. The van der Waals surface area contributed by atoms with Crippen molar-refractivity contribution in [2.24, 2.45) is 0 Å².